The summed E-state index contributed by atoms with van der Waals surface area (Å²) in [6.07, 6.45) is 0.302. The average molecular weight is 621 g/mol. The van der Waals surface area contributed by atoms with Crippen molar-refractivity contribution in [2.45, 2.75) is 57.6 Å². The molecule has 1 N–H and O–H groups in total. The first-order valence-corrected chi connectivity index (χ1v) is 15.3. The largest absolute Gasteiger partial charge is 0.497 e. The lowest BCUT2D eigenvalue weighted by molar-refractivity contribution is -0.140. The van der Waals surface area contributed by atoms with Crippen LogP contribution < -0.4 is 14.4 Å². The summed E-state index contributed by atoms with van der Waals surface area (Å²) in [5.41, 5.74) is 1.63. The molecule has 0 radical (unpaired) electrons. The third kappa shape index (κ3) is 7.93. The van der Waals surface area contributed by atoms with E-state index in [9.17, 15) is 18.0 Å². The lowest BCUT2D eigenvalue weighted by atomic mass is 10.1. The summed E-state index contributed by atoms with van der Waals surface area (Å²) in [7, 11) is -2.73. The second kappa shape index (κ2) is 14.1. The monoisotopic (exact) mass is 619 g/mol. The Bertz CT molecular complexity index is 1480. The van der Waals surface area contributed by atoms with Crippen molar-refractivity contribution in [3.05, 3.63) is 87.9 Å². The molecular formula is C30H35Cl2N3O5S. The number of carbonyl (C=O) groups excluding carboxylic acids is 2. The smallest absolute Gasteiger partial charge is 0.264 e. The van der Waals surface area contributed by atoms with Crippen molar-refractivity contribution in [1.82, 2.24) is 10.2 Å². The quantitative estimate of drug-likeness (QED) is 0.275. The number of methoxy groups -OCH3 is 1. The predicted octanol–water partition coefficient (Wildman–Crippen LogP) is 5.84. The van der Waals surface area contributed by atoms with Crippen LogP contribution in [0, 0.1) is 6.92 Å². The zero-order valence-corrected chi connectivity index (χ0v) is 26.1. The van der Waals surface area contributed by atoms with E-state index in [1.165, 1.54) is 36.3 Å². The number of nitrogens with one attached hydrogen (secondary N) is 1. The Kier molecular flexibility index (Phi) is 11.1. The van der Waals surface area contributed by atoms with Crippen LogP contribution in [0.2, 0.25) is 10.0 Å². The summed E-state index contributed by atoms with van der Waals surface area (Å²) in [4.78, 5) is 28.8. The van der Waals surface area contributed by atoms with Crippen LogP contribution in [0.15, 0.2) is 71.6 Å². The number of ether oxygens (including phenoxy) is 1. The maximum atomic E-state index is 14.1. The molecule has 0 aliphatic heterocycles. The molecule has 3 rings (SSSR count). The summed E-state index contributed by atoms with van der Waals surface area (Å²) in [6.45, 7) is 6.72. The molecule has 11 heteroatoms. The van der Waals surface area contributed by atoms with Gasteiger partial charge in [0.15, 0.2) is 0 Å². The summed E-state index contributed by atoms with van der Waals surface area (Å²) in [6, 6.07) is 17.0. The first-order valence-electron chi connectivity index (χ1n) is 13.1. The van der Waals surface area contributed by atoms with Gasteiger partial charge in [-0.25, -0.2) is 8.42 Å². The van der Waals surface area contributed by atoms with Crippen LogP contribution in [-0.4, -0.2) is 50.9 Å². The highest BCUT2D eigenvalue weighted by Gasteiger charge is 2.34. The average Bonchev–Trinajstić information content (AvgIpc) is 2.93. The Morgan fingerprint density at radius 2 is 1.66 bits per heavy atom. The van der Waals surface area contributed by atoms with Crippen LogP contribution in [0.1, 0.15) is 38.3 Å². The number of hydrogen-bond donors (Lipinski definition) is 1. The van der Waals surface area contributed by atoms with E-state index >= 15 is 0 Å². The molecule has 3 aromatic carbocycles. The standard InChI is InChI=1S/C30H35Cl2N3O5S/c1-6-26(30(37)33-20(2)3)34(18-22-9-7-10-23(17-22)40-5)28(36)19-35(27-12-8-11-25(31)29(27)32)41(38,39)24-15-13-21(4)14-16-24/h7-17,20,26H,6,18-19H2,1-5H3,(H,33,37). The fourth-order valence-corrected chi connectivity index (χ4v) is 6.18. The van der Waals surface area contributed by atoms with Crippen LogP contribution in [0.5, 0.6) is 5.75 Å². The van der Waals surface area contributed by atoms with E-state index in [1.807, 2.05) is 26.8 Å². The Hall–Kier alpha value is -3.27. The number of sulfonamides is 1. The topological polar surface area (TPSA) is 96.0 Å². The SMILES string of the molecule is CCC(C(=O)NC(C)C)N(Cc1cccc(OC)c1)C(=O)CN(c1cccc(Cl)c1Cl)S(=O)(=O)c1ccc(C)cc1. The van der Waals surface area contributed by atoms with Gasteiger partial charge in [-0.3, -0.25) is 13.9 Å². The van der Waals surface area contributed by atoms with Gasteiger partial charge in [-0.1, -0.05) is 66.0 Å². The predicted molar refractivity (Wildman–Crippen MR) is 163 cm³/mol. The second-order valence-corrected chi connectivity index (χ2v) is 12.5. The van der Waals surface area contributed by atoms with E-state index in [4.69, 9.17) is 27.9 Å². The molecule has 0 fully saturated rings. The van der Waals surface area contributed by atoms with Gasteiger partial charge in [-0.15, -0.1) is 0 Å². The molecule has 0 bridgehead atoms. The number of aryl methyl sites for hydroxylation is 1. The number of anilines is 1. The summed E-state index contributed by atoms with van der Waals surface area (Å²) >= 11 is 12.7. The molecule has 41 heavy (non-hydrogen) atoms. The number of amides is 2. The highest BCUT2D eigenvalue weighted by atomic mass is 35.5. The number of nitrogens with zero attached hydrogens (tertiary/aromatic N) is 2. The zero-order chi connectivity index (χ0) is 30.3. The third-order valence-corrected chi connectivity index (χ3v) is 8.97. The minimum Gasteiger partial charge on any atom is -0.497 e. The van der Waals surface area contributed by atoms with E-state index in [0.29, 0.717) is 17.7 Å². The number of rotatable bonds is 12. The summed E-state index contributed by atoms with van der Waals surface area (Å²) in [5.74, 6) is -0.346. The van der Waals surface area contributed by atoms with Crippen molar-refractivity contribution in [1.29, 1.82) is 0 Å². The normalized spacial score (nSPS) is 12.1. The summed E-state index contributed by atoms with van der Waals surface area (Å²) < 4.78 is 34.2. The molecule has 0 spiro atoms. The third-order valence-electron chi connectivity index (χ3n) is 6.39. The molecule has 0 aromatic heterocycles. The number of benzene rings is 3. The molecule has 1 unspecified atom stereocenters. The Labute approximate surface area is 252 Å². The van der Waals surface area contributed by atoms with E-state index in [1.54, 1.807) is 43.3 Å². The fourth-order valence-electron chi connectivity index (χ4n) is 4.30. The van der Waals surface area contributed by atoms with Crippen molar-refractivity contribution >= 4 is 50.7 Å². The second-order valence-electron chi connectivity index (χ2n) is 9.86. The molecule has 2 amide bonds. The maximum Gasteiger partial charge on any atom is 0.264 e. The van der Waals surface area contributed by atoms with Gasteiger partial charge < -0.3 is 15.0 Å². The van der Waals surface area contributed by atoms with Crippen LogP contribution in [0.25, 0.3) is 0 Å². The molecule has 8 nitrogen and oxygen atoms in total. The molecule has 0 aliphatic rings. The van der Waals surface area contributed by atoms with Gasteiger partial charge in [-0.05, 0) is 69.2 Å². The fraction of sp³-hybridized carbons (Fsp3) is 0.333. The number of halogens is 2. The Morgan fingerprint density at radius 1 is 1.00 bits per heavy atom. The van der Waals surface area contributed by atoms with Crippen LogP contribution >= 0.6 is 23.2 Å². The first-order chi connectivity index (χ1) is 19.4. The van der Waals surface area contributed by atoms with Gasteiger partial charge in [0.2, 0.25) is 11.8 Å². The lowest BCUT2D eigenvalue weighted by Gasteiger charge is -2.34. The van der Waals surface area contributed by atoms with Crippen molar-refractivity contribution in [3.63, 3.8) is 0 Å². The molecule has 220 valence electrons. The van der Waals surface area contributed by atoms with Crippen LogP contribution in [0.3, 0.4) is 0 Å². The van der Waals surface area contributed by atoms with Gasteiger partial charge in [0.1, 0.15) is 18.3 Å². The van der Waals surface area contributed by atoms with Crippen molar-refractivity contribution in [3.8, 4) is 5.75 Å². The highest BCUT2D eigenvalue weighted by Crippen LogP contribution is 2.35. The van der Waals surface area contributed by atoms with Crippen molar-refractivity contribution in [2.75, 3.05) is 18.0 Å². The van der Waals surface area contributed by atoms with Gasteiger partial charge in [0.25, 0.3) is 10.0 Å². The molecule has 1 atom stereocenters. The minimum absolute atomic E-state index is 0.0124. The van der Waals surface area contributed by atoms with E-state index in [2.05, 4.69) is 5.32 Å². The van der Waals surface area contributed by atoms with Gasteiger partial charge in [0, 0.05) is 12.6 Å². The van der Waals surface area contributed by atoms with Crippen LogP contribution in [0.4, 0.5) is 5.69 Å². The molecular weight excluding hydrogens is 585 g/mol. The van der Waals surface area contributed by atoms with Gasteiger partial charge in [-0.2, -0.15) is 0 Å². The first kappa shape index (κ1) is 32.2. The van der Waals surface area contributed by atoms with E-state index in [-0.39, 0.29) is 39.1 Å². The molecule has 0 saturated carbocycles. The van der Waals surface area contributed by atoms with Crippen molar-refractivity contribution < 1.29 is 22.7 Å². The molecule has 0 saturated heterocycles. The molecule has 3 aromatic rings. The molecule has 0 heterocycles. The number of carbonyl (C=O) groups is 2. The maximum absolute atomic E-state index is 14.1. The van der Waals surface area contributed by atoms with Crippen LogP contribution in [-0.2, 0) is 26.2 Å². The zero-order valence-electron chi connectivity index (χ0n) is 23.7. The molecule has 0 aliphatic carbocycles. The Morgan fingerprint density at radius 3 is 2.27 bits per heavy atom. The summed E-state index contributed by atoms with van der Waals surface area (Å²) in [5, 5.41) is 3.00. The van der Waals surface area contributed by atoms with E-state index < -0.39 is 28.5 Å². The lowest BCUT2D eigenvalue weighted by Crippen LogP contribution is -2.53. The minimum atomic E-state index is -4.27. The van der Waals surface area contributed by atoms with E-state index in [0.717, 1.165) is 9.87 Å². The van der Waals surface area contributed by atoms with Gasteiger partial charge in [0.05, 0.1) is 27.7 Å². The Balaban J connectivity index is 2.11. The number of hydrogen-bond acceptors (Lipinski definition) is 5. The highest BCUT2D eigenvalue weighted by molar-refractivity contribution is 7.92. The van der Waals surface area contributed by atoms with Crippen molar-refractivity contribution in [2.24, 2.45) is 0 Å². The van der Waals surface area contributed by atoms with Gasteiger partial charge >= 0.3 is 0 Å².